The zero-order valence-corrected chi connectivity index (χ0v) is 41.2. The minimum absolute atomic E-state index is 0.498. The lowest BCUT2D eigenvalue weighted by Gasteiger charge is -2.29. The Hall–Kier alpha value is -8.60. The molecule has 2 aromatic heterocycles. The second kappa shape index (κ2) is 16.5. The molecule has 0 amide bonds. The Labute approximate surface area is 429 Å². The molecule has 0 radical (unpaired) electrons. The van der Waals surface area contributed by atoms with Gasteiger partial charge in [0.1, 0.15) is 11.2 Å². The highest BCUT2D eigenvalue weighted by Crippen LogP contribution is 2.53. The van der Waals surface area contributed by atoms with Gasteiger partial charge in [0.2, 0.25) is 0 Å². The van der Waals surface area contributed by atoms with E-state index >= 15 is 0 Å². The quantitative estimate of drug-likeness (QED) is 0.142. The van der Waals surface area contributed by atoms with Crippen LogP contribution in [-0.4, -0.2) is 0 Å². The van der Waals surface area contributed by atoms with Crippen LogP contribution in [0.25, 0.3) is 97.7 Å². The third-order valence-corrected chi connectivity index (χ3v) is 17.2. The molecule has 0 bridgehead atoms. The van der Waals surface area contributed by atoms with E-state index in [0.29, 0.717) is 11.8 Å². The van der Waals surface area contributed by atoms with Gasteiger partial charge in [0.15, 0.2) is 11.2 Å². The lowest BCUT2D eigenvalue weighted by atomic mass is 9.91. The summed E-state index contributed by atoms with van der Waals surface area (Å²) >= 11 is 0. The fourth-order valence-electron chi connectivity index (χ4n) is 13.9. The highest BCUT2D eigenvalue weighted by molar-refractivity contribution is 6.29. The van der Waals surface area contributed by atoms with Crippen LogP contribution in [0.1, 0.15) is 74.3 Å². The van der Waals surface area contributed by atoms with Gasteiger partial charge in [-0.15, -0.1) is 0 Å². The van der Waals surface area contributed by atoms with Crippen LogP contribution in [0.5, 0.6) is 0 Å². The third kappa shape index (κ3) is 6.21. The van der Waals surface area contributed by atoms with E-state index in [2.05, 4.69) is 216 Å². The monoisotopic (exact) mass is 952 g/mol. The van der Waals surface area contributed by atoms with Crippen molar-refractivity contribution in [2.45, 2.75) is 63.2 Å². The van der Waals surface area contributed by atoms with Crippen molar-refractivity contribution in [3.05, 3.63) is 217 Å². The van der Waals surface area contributed by atoms with Crippen molar-refractivity contribution < 1.29 is 8.83 Å². The van der Waals surface area contributed by atoms with Crippen LogP contribution in [0.3, 0.4) is 0 Å². The van der Waals surface area contributed by atoms with Crippen molar-refractivity contribution in [2.24, 2.45) is 0 Å². The van der Waals surface area contributed by atoms with Crippen LogP contribution in [0.15, 0.2) is 215 Å². The largest absolute Gasteiger partial charge is 0.454 e. The first-order valence-corrected chi connectivity index (χ1v) is 26.9. The predicted molar refractivity (Wildman–Crippen MR) is 311 cm³/mol. The topological polar surface area (TPSA) is 32.8 Å². The molecule has 2 aliphatic rings. The van der Waals surface area contributed by atoms with Gasteiger partial charge in [0, 0.05) is 43.7 Å². The van der Waals surface area contributed by atoms with E-state index < -0.39 is 0 Å². The summed E-state index contributed by atoms with van der Waals surface area (Å²) in [6, 6.07) is 76.4. The molecule has 74 heavy (non-hydrogen) atoms. The molecule has 2 aliphatic carbocycles. The first-order valence-electron chi connectivity index (χ1n) is 26.9. The average molecular weight is 953 g/mol. The van der Waals surface area contributed by atoms with Crippen molar-refractivity contribution in [3.8, 4) is 0 Å². The number of hydrogen-bond acceptors (Lipinski definition) is 4. The minimum Gasteiger partial charge on any atom is -0.454 e. The molecule has 12 aromatic carbocycles. The molecule has 0 saturated heterocycles. The lowest BCUT2D eigenvalue weighted by molar-refractivity contribution is 0.643. The van der Waals surface area contributed by atoms with Crippen molar-refractivity contribution in [1.82, 2.24) is 0 Å². The van der Waals surface area contributed by atoms with Gasteiger partial charge in [0.05, 0.1) is 22.7 Å². The summed E-state index contributed by atoms with van der Waals surface area (Å²) in [5.41, 5.74) is 13.0. The number of benzene rings is 12. The van der Waals surface area contributed by atoms with Gasteiger partial charge in [-0.1, -0.05) is 171 Å². The molecule has 354 valence electrons. The lowest BCUT2D eigenvalue weighted by Crippen LogP contribution is -2.11. The van der Waals surface area contributed by atoms with Crippen LogP contribution >= 0.6 is 0 Å². The number of fused-ring (bicyclic) bond motifs is 10. The number of rotatable bonds is 8. The summed E-state index contributed by atoms with van der Waals surface area (Å²) < 4.78 is 14.7. The molecule has 14 aromatic rings. The standard InChI is InChI=1S/C70H52N2O2/c1-3-23-49(24-4-1)71(61-31-15-29-55-65-51-27-13-11-21-47(51)41-57(43-17-7-8-18-43)69(65)73-67(55)61)59-39-35-45-34-38-54-60(40-36-46-33-37-53(59)63(45)64(46)54)72(50-25-5-2-6-26-50)62-32-16-30-56-66-52-28-14-12-22-48(52)42-58(44-19-9-10-20-44)70(66)74-68(56)62/h1-6,11-16,21-44H,7-10,17-20H2. The van der Waals surface area contributed by atoms with E-state index in [-0.39, 0.29) is 0 Å². The highest BCUT2D eigenvalue weighted by Gasteiger charge is 2.30. The van der Waals surface area contributed by atoms with Gasteiger partial charge in [-0.05, 0) is 152 Å². The second-order valence-electron chi connectivity index (χ2n) is 21.2. The van der Waals surface area contributed by atoms with Gasteiger partial charge >= 0.3 is 0 Å². The second-order valence-corrected chi connectivity index (χ2v) is 21.2. The summed E-state index contributed by atoms with van der Waals surface area (Å²) in [5, 5.41) is 17.1. The highest BCUT2D eigenvalue weighted by atomic mass is 16.3. The van der Waals surface area contributed by atoms with E-state index in [1.807, 2.05) is 0 Å². The number of furan rings is 2. The molecule has 0 aliphatic heterocycles. The smallest absolute Gasteiger partial charge is 0.159 e. The molecular formula is C70H52N2O2. The first-order chi connectivity index (χ1) is 36.7. The van der Waals surface area contributed by atoms with E-state index in [1.54, 1.807) is 0 Å². The van der Waals surface area contributed by atoms with E-state index in [4.69, 9.17) is 8.83 Å². The van der Waals surface area contributed by atoms with Crippen molar-refractivity contribution in [1.29, 1.82) is 0 Å². The van der Waals surface area contributed by atoms with Crippen LogP contribution in [0.4, 0.5) is 34.1 Å². The summed E-state index contributed by atoms with van der Waals surface area (Å²) in [6.45, 7) is 0. The normalized spacial score (nSPS) is 14.8. The Morgan fingerprint density at radius 1 is 0.284 bits per heavy atom. The summed E-state index contributed by atoms with van der Waals surface area (Å²) in [4.78, 5) is 4.88. The van der Waals surface area contributed by atoms with Crippen LogP contribution in [-0.2, 0) is 0 Å². The molecule has 0 atom stereocenters. The predicted octanol–water partition coefficient (Wildman–Crippen LogP) is 20.9. The first kappa shape index (κ1) is 42.0. The van der Waals surface area contributed by atoms with Crippen LogP contribution in [0, 0.1) is 0 Å². The average Bonchev–Trinajstić information content (AvgIpc) is 4.34. The number of nitrogens with zero attached hydrogens (tertiary/aromatic N) is 2. The summed E-state index contributed by atoms with van der Waals surface area (Å²) in [6.07, 6.45) is 9.88. The van der Waals surface area contributed by atoms with Crippen molar-refractivity contribution in [2.75, 3.05) is 9.80 Å². The fraction of sp³-hybridized carbons (Fsp3) is 0.143. The molecule has 0 unspecified atom stereocenters. The van der Waals surface area contributed by atoms with E-state index in [9.17, 15) is 0 Å². The van der Waals surface area contributed by atoms with Crippen LogP contribution < -0.4 is 9.80 Å². The molecule has 0 N–H and O–H groups in total. The third-order valence-electron chi connectivity index (χ3n) is 17.2. The maximum Gasteiger partial charge on any atom is 0.159 e. The Balaban J connectivity index is 0.932. The Kier molecular flexibility index (Phi) is 9.33. The molecule has 2 heterocycles. The molecule has 4 heteroatoms. The number of para-hydroxylation sites is 4. The van der Waals surface area contributed by atoms with Crippen molar-refractivity contribution in [3.63, 3.8) is 0 Å². The maximum absolute atomic E-state index is 7.36. The zero-order chi connectivity index (χ0) is 48.4. The van der Waals surface area contributed by atoms with E-state index in [0.717, 1.165) is 67.2 Å². The summed E-state index contributed by atoms with van der Waals surface area (Å²) in [5.74, 6) is 0.996. The molecule has 2 saturated carbocycles. The zero-order valence-electron chi connectivity index (χ0n) is 41.2. The molecule has 0 spiro atoms. The fourth-order valence-corrected chi connectivity index (χ4v) is 13.9. The SMILES string of the molecule is c1ccc(N(c2ccc3ccc4c(N(c5ccccc5)c5cccc6c5oc5c(C7CCCC7)cc7ccccc7c56)ccc5ccc2c3c54)c2cccc3c2oc2c(C4CCCC4)cc4ccccc4c23)cc1. The number of anilines is 6. The van der Waals surface area contributed by atoms with Gasteiger partial charge in [-0.3, -0.25) is 0 Å². The molecule has 16 rings (SSSR count). The Bertz CT molecular complexity index is 4230. The maximum atomic E-state index is 7.36. The molecular weight excluding hydrogens is 901 g/mol. The Morgan fingerprint density at radius 2 is 0.676 bits per heavy atom. The van der Waals surface area contributed by atoms with Crippen LogP contribution in [0.2, 0.25) is 0 Å². The van der Waals surface area contributed by atoms with Gasteiger partial charge < -0.3 is 18.6 Å². The molecule has 4 nitrogen and oxygen atoms in total. The van der Waals surface area contributed by atoms with Gasteiger partial charge in [0.25, 0.3) is 0 Å². The summed E-state index contributed by atoms with van der Waals surface area (Å²) in [7, 11) is 0. The molecule has 2 fully saturated rings. The van der Waals surface area contributed by atoms with Gasteiger partial charge in [-0.2, -0.15) is 0 Å². The van der Waals surface area contributed by atoms with E-state index in [1.165, 1.54) is 127 Å². The number of hydrogen-bond donors (Lipinski definition) is 0. The minimum atomic E-state index is 0.498. The van der Waals surface area contributed by atoms with Gasteiger partial charge in [-0.25, -0.2) is 0 Å². The Morgan fingerprint density at radius 3 is 1.12 bits per heavy atom. The van der Waals surface area contributed by atoms with Crippen molar-refractivity contribution >= 4 is 132 Å².